The molecule has 7 nitrogen and oxygen atoms in total. The summed E-state index contributed by atoms with van der Waals surface area (Å²) in [6, 6.07) is 5.01. The van der Waals surface area contributed by atoms with E-state index in [0.29, 0.717) is 11.1 Å². The second-order valence-corrected chi connectivity index (χ2v) is 7.03. The molecule has 0 unspecified atom stereocenters. The van der Waals surface area contributed by atoms with E-state index in [1.807, 2.05) is 0 Å². The smallest absolute Gasteiger partial charge is 0.322 e. The maximum Gasteiger partial charge on any atom is 0.322 e. The zero-order valence-electron chi connectivity index (χ0n) is 13.0. The summed E-state index contributed by atoms with van der Waals surface area (Å²) >= 11 is 0. The molecule has 0 saturated heterocycles. The predicted molar refractivity (Wildman–Crippen MR) is 84.9 cm³/mol. The van der Waals surface area contributed by atoms with Crippen LogP contribution in [0.15, 0.2) is 35.4 Å². The van der Waals surface area contributed by atoms with E-state index in [-0.39, 0.29) is 10.4 Å². The van der Waals surface area contributed by atoms with E-state index in [1.54, 1.807) is 26.0 Å². The maximum absolute atomic E-state index is 12.6. The fourth-order valence-electron chi connectivity index (χ4n) is 2.22. The third-order valence-corrected chi connectivity index (χ3v) is 4.89. The van der Waals surface area contributed by atoms with Crippen LogP contribution in [0.25, 0.3) is 10.9 Å². The van der Waals surface area contributed by atoms with Crippen LogP contribution in [0, 0.1) is 5.92 Å². The quantitative estimate of drug-likeness (QED) is 0.829. The first kappa shape index (κ1) is 17.2. The first-order chi connectivity index (χ1) is 10.8. The molecular weight excluding hydrogens is 320 g/mol. The van der Waals surface area contributed by atoms with Crippen molar-refractivity contribution < 1.29 is 23.1 Å². The van der Waals surface area contributed by atoms with Gasteiger partial charge in [0.2, 0.25) is 10.0 Å². The molecule has 2 N–H and O–H groups in total. The largest absolute Gasteiger partial charge is 0.496 e. The topological polar surface area (TPSA) is 106 Å². The lowest BCUT2D eigenvalue weighted by Crippen LogP contribution is -2.44. The molecule has 0 aliphatic heterocycles. The van der Waals surface area contributed by atoms with Crippen LogP contribution in [0.5, 0.6) is 5.75 Å². The van der Waals surface area contributed by atoms with Crippen molar-refractivity contribution in [2.24, 2.45) is 5.92 Å². The SMILES string of the molecule is COc1ccc(S(=O)(=O)N[C@@H](C(=O)O)C(C)C)c2ncccc12. The fourth-order valence-corrected chi connectivity index (χ4v) is 3.72. The lowest BCUT2D eigenvalue weighted by atomic mass is 10.1. The van der Waals surface area contributed by atoms with E-state index in [2.05, 4.69) is 9.71 Å². The van der Waals surface area contributed by atoms with Gasteiger partial charge in [-0.25, -0.2) is 8.42 Å². The molecule has 0 aliphatic carbocycles. The average molecular weight is 338 g/mol. The highest BCUT2D eigenvalue weighted by molar-refractivity contribution is 7.89. The van der Waals surface area contributed by atoms with E-state index >= 15 is 0 Å². The number of carboxylic acid groups (broad SMARTS) is 1. The number of fused-ring (bicyclic) bond motifs is 1. The summed E-state index contributed by atoms with van der Waals surface area (Å²) in [5.74, 6) is -1.14. The van der Waals surface area contributed by atoms with Crippen molar-refractivity contribution in [2.75, 3.05) is 7.11 Å². The van der Waals surface area contributed by atoms with Gasteiger partial charge >= 0.3 is 5.97 Å². The number of aromatic nitrogens is 1. The van der Waals surface area contributed by atoms with Crippen LogP contribution in [0.3, 0.4) is 0 Å². The molecule has 1 heterocycles. The number of hydrogen-bond donors (Lipinski definition) is 2. The number of ether oxygens (including phenoxy) is 1. The molecular formula is C15H18N2O5S. The Hall–Kier alpha value is -2.19. The fraction of sp³-hybridized carbons (Fsp3) is 0.333. The number of nitrogens with zero attached hydrogens (tertiary/aromatic N) is 1. The van der Waals surface area contributed by atoms with Gasteiger partial charge in [0.15, 0.2) is 0 Å². The normalized spacial score (nSPS) is 13.2. The molecule has 0 amide bonds. The van der Waals surface area contributed by atoms with Gasteiger partial charge in [-0.2, -0.15) is 4.72 Å². The Balaban J connectivity index is 2.57. The summed E-state index contributed by atoms with van der Waals surface area (Å²) in [5.41, 5.74) is 0.229. The summed E-state index contributed by atoms with van der Waals surface area (Å²) in [6.45, 7) is 3.26. The van der Waals surface area contributed by atoms with Crippen molar-refractivity contribution in [3.05, 3.63) is 30.5 Å². The molecule has 0 bridgehead atoms. The second kappa shape index (κ2) is 6.51. The number of methoxy groups -OCH3 is 1. The first-order valence-electron chi connectivity index (χ1n) is 6.94. The minimum atomic E-state index is -4.05. The molecule has 23 heavy (non-hydrogen) atoms. The lowest BCUT2D eigenvalue weighted by Gasteiger charge is -2.18. The molecule has 0 aliphatic rings. The molecule has 0 spiro atoms. The number of aliphatic carboxylic acids is 1. The van der Waals surface area contributed by atoms with Crippen LogP contribution in [0.4, 0.5) is 0 Å². The minimum absolute atomic E-state index is 0.0826. The maximum atomic E-state index is 12.6. The number of carboxylic acids is 1. The highest BCUT2D eigenvalue weighted by atomic mass is 32.2. The number of nitrogens with one attached hydrogen (secondary N) is 1. The van der Waals surface area contributed by atoms with Crippen molar-refractivity contribution >= 4 is 26.9 Å². The second-order valence-electron chi connectivity index (χ2n) is 5.35. The van der Waals surface area contributed by atoms with Gasteiger partial charge in [-0.15, -0.1) is 0 Å². The van der Waals surface area contributed by atoms with E-state index in [4.69, 9.17) is 4.74 Å². The molecule has 1 aromatic heterocycles. The van der Waals surface area contributed by atoms with Crippen LogP contribution in [0.1, 0.15) is 13.8 Å². The van der Waals surface area contributed by atoms with Crippen LogP contribution >= 0.6 is 0 Å². The average Bonchev–Trinajstić information content (AvgIpc) is 2.51. The van der Waals surface area contributed by atoms with Gasteiger partial charge in [0.1, 0.15) is 16.7 Å². The molecule has 124 valence electrons. The van der Waals surface area contributed by atoms with Crippen LogP contribution in [0.2, 0.25) is 0 Å². The minimum Gasteiger partial charge on any atom is -0.496 e. The Morgan fingerprint density at radius 2 is 2.00 bits per heavy atom. The van der Waals surface area contributed by atoms with Crippen LogP contribution in [-0.4, -0.2) is 37.6 Å². The number of benzene rings is 1. The molecule has 2 rings (SSSR count). The number of carbonyl (C=O) groups is 1. The summed E-state index contributed by atoms with van der Waals surface area (Å²) < 4.78 is 32.7. The van der Waals surface area contributed by atoms with E-state index in [1.165, 1.54) is 25.4 Å². The van der Waals surface area contributed by atoms with Crippen molar-refractivity contribution in [3.8, 4) is 5.75 Å². The zero-order chi connectivity index (χ0) is 17.2. The Morgan fingerprint density at radius 3 is 2.57 bits per heavy atom. The van der Waals surface area contributed by atoms with Gasteiger partial charge in [0.25, 0.3) is 0 Å². The molecule has 1 atom stereocenters. The molecule has 8 heteroatoms. The molecule has 1 aromatic carbocycles. The standard InChI is InChI=1S/C15H18N2O5S/c1-9(2)13(15(18)19)17-23(20,21)12-7-6-11(22-3)10-5-4-8-16-14(10)12/h4-9,13,17H,1-3H3,(H,18,19)/t13-/m1/s1. The van der Waals surface area contributed by atoms with Crippen molar-refractivity contribution in [1.82, 2.24) is 9.71 Å². The summed E-state index contributed by atoms with van der Waals surface area (Å²) in [6.07, 6.45) is 1.47. The Labute approximate surface area is 134 Å². The Kier molecular flexibility index (Phi) is 4.86. The van der Waals surface area contributed by atoms with E-state index < -0.39 is 28.0 Å². The van der Waals surface area contributed by atoms with E-state index in [0.717, 1.165) is 0 Å². The van der Waals surface area contributed by atoms with Crippen LogP contribution < -0.4 is 9.46 Å². The summed E-state index contributed by atoms with van der Waals surface area (Å²) in [5, 5.41) is 9.72. The van der Waals surface area contributed by atoms with Gasteiger partial charge in [0.05, 0.1) is 12.6 Å². The van der Waals surface area contributed by atoms with Gasteiger partial charge in [-0.05, 0) is 30.2 Å². The number of hydrogen-bond acceptors (Lipinski definition) is 5. The molecule has 0 fully saturated rings. The predicted octanol–water partition coefficient (Wildman–Crippen LogP) is 1.63. The molecule has 0 radical (unpaired) electrons. The highest BCUT2D eigenvalue weighted by Crippen LogP contribution is 2.29. The third-order valence-electron chi connectivity index (χ3n) is 3.42. The summed E-state index contributed by atoms with van der Waals surface area (Å²) in [4.78, 5) is 15.3. The van der Waals surface area contributed by atoms with Gasteiger partial charge < -0.3 is 9.84 Å². The molecule has 0 saturated carbocycles. The zero-order valence-corrected chi connectivity index (χ0v) is 13.8. The van der Waals surface area contributed by atoms with Crippen molar-refractivity contribution in [2.45, 2.75) is 24.8 Å². The van der Waals surface area contributed by atoms with Gasteiger partial charge in [0, 0.05) is 11.6 Å². The summed E-state index contributed by atoms with van der Waals surface area (Å²) in [7, 11) is -2.57. The van der Waals surface area contributed by atoms with Gasteiger partial charge in [-0.1, -0.05) is 13.8 Å². The van der Waals surface area contributed by atoms with Crippen molar-refractivity contribution in [3.63, 3.8) is 0 Å². The Bertz CT molecular complexity index is 833. The third kappa shape index (κ3) is 3.43. The van der Waals surface area contributed by atoms with Gasteiger partial charge in [-0.3, -0.25) is 9.78 Å². The number of pyridine rings is 1. The number of rotatable bonds is 6. The lowest BCUT2D eigenvalue weighted by molar-refractivity contribution is -0.140. The first-order valence-corrected chi connectivity index (χ1v) is 8.43. The van der Waals surface area contributed by atoms with E-state index in [9.17, 15) is 18.3 Å². The highest BCUT2D eigenvalue weighted by Gasteiger charge is 2.29. The van der Waals surface area contributed by atoms with Crippen LogP contribution in [-0.2, 0) is 14.8 Å². The molecule has 2 aromatic rings. The Morgan fingerprint density at radius 1 is 1.30 bits per heavy atom. The van der Waals surface area contributed by atoms with Crippen molar-refractivity contribution in [1.29, 1.82) is 0 Å². The number of sulfonamides is 1. The monoisotopic (exact) mass is 338 g/mol.